The van der Waals surface area contributed by atoms with Crippen LogP contribution in [0.4, 0.5) is 5.69 Å². The molecule has 138 valence electrons. The molecule has 0 aromatic heterocycles. The van der Waals surface area contributed by atoms with Crippen LogP contribution in [0.3, 0.4) is 0 Å². The number of hydrogen-bond acceptors (Lipinski definition) is 3. The molecule has 4 nitrogen and oxygen atoms in total. The van der Waals surface area contributed by atoms with Gasteiger partial charge >= 0.3 is 0 Å². The third-order valence-corrected chi connectivity index (χ3v) is 4.18. The van der Waals surface area contributed by atoms with E-state index in [2.05, 4.69) is 35.4 Å². The first-order valence-corrected chi connectivity index (χ1v) is 8.37. The number of nitrogens with zero attached hydrogens (tertiary/aromatic N) is 1. The number of halogens is 2. The van der Waals surface area contributed by atoms with Gasteiger partial charge in [0.05, 0.1) is 0 Å². The first-order valence-electron chi connectivity index (χ1n) is 8.37. The maximum Gasteiger partial charge on any atom is 0.224 e. The van der Waals surface area contributed by atoms with Crippen LogP contribution < -0.4 is 10.6 Å². The van der Waals surface area contributed by atoms with Crippen LogP contribution in [0.15, 0.2) is 18.2 Å². The zero-order valence-electron chi connectivity index (χ0n) is 14.9. The Bertz CT molecular complexity index is 509. The van der Waals surface area contributed by atoms with Crippen molar-refractivity contribution in [3.8, 4) is 0 Å². The van der Waals surface area contributed by atoms with Gasteiger partial charge in [0.1, 0.15) is 0 Å². The second-order valence-electron chi connectivity index (χ2n) is 6.59. The van der Waals surface area contributed by atoms with Gasteiger partial charge in [0.2, 0.25) is 5.91 Å². The van der Waals surface area contributed by atoms with Crippen molar-refractivity contribution in [3.05, 3.63) is 29.3 Å². The van der Waals surface area contributed by atoms with Gasteiger partial charge in [0, 0.05) is 25.2 Å². The molecule has 0 atom stereocenters. The van der Waals surface area contributed by atoms with Crippen LogP contribution in [0.5, 0.6) is 0 Å². The summed E-state index contributed by atoms with van der Waals surface area (Å²) in [5.74, 6) is 0.847. The lowest BCUT2D eigenvalue weighted by Crippen LogP contribution is -2.19. The highest BCUT2D eigenvalue weighted by molar-refractivity contribution is 5.91. The molecule has 24 heavy (non-hydrogen) atoms. The van der Waals surface area contributed by atoms with Gasteiger partial charge in [-0.3, -0.25) is 9.69 Å². The molecule has 0 bridgehead atoms. The molecule has 1 aromatic carbocycles. The van der Waals surface area contributed by atoms with Crippen molar-refractivity contribution in [1.82, 2.24) is 10.2 Å². The van der Waals surface area contributed by atoms with E-state index in [4.69, 9.17) is 0 Å². The Kier molecular flexibility index (Phi) is 11.3. The van der Waals surface area contributed by atoms with E-state index in [-0.39, 0.29) is 30.7 Å². The van der Waals surface area contributed by atoms with Crippen molar-refractivity contribution in [1.29, 1.82) is 0 Å². The summed E-state index contributed by atoms with van der Waals surface area (Å²) in [7, 11) is 1.91. The van der Waals surface area contributed by atoms with E-state index < -0.39 is 0 Å². The molecule has 0 saturated carbocycles. The SMILES string of the molecule is CNCCCC(=O)Nc1cccc2c1CN(CCC(C)C)C2.Cl.Cl. The van der Waals surface area contributed by atoms with E-state index in [0.717, 1.165) is 44.2 Å². The monoisotopic (exact) mass is 375 g/mol. The van der Waals surface area contributed by atoms with Gasteiger partial charge in [-0.1, -0.05) is 26.0 Å². The average Bonchev–Trinajstić information content (AvgIpc) is 2.89. The first-order chi connectivity index (χ1) is 10.6. The van der Waals surface area contributed by atoms with E-state index in [9.17, 15) is 4.79 Å². The third-order valence-electron chi connectivity index (χ3n) is 4.18. The highest BCUT2D eigenvalue weighted by Gasteiger charge is 2.21. The lowest BCUT2D eigenvalue weighted by molar-refractivity contribution is -0.116. The van der Waals surface area contributed by atoms with E-state index in [1.807, 2.05) is 19.2 Å². The predicted octanol–water partition coefficient (Wildman–Crippen LogP) is 3.83. The quantitative estimate of drug-likeness (QED) is 0.678. The minimum atomic E-state index is 0. The molecule has 1 amide bonds. The van der Waals surface area contributed by atoms with Crippen LogP contribution in [0, 0.1) is 5.92 Å². The fourth-order valence-corrected chi connectivity index (χ4v) is 2.84. The molecule has 2 N–H and O–H groups in total. The number of rotatable bonds is 8. The topological polar surface area (TPSA) is 44.4 Å². The average molecular weight is 376 g/mol. The van der Waals surface area contributed by atoms with Crippen LogP contribution in [0.1, 0.15) is 44.2 Å². The summed E-state index contributed by atoms with van der Waals surface area (Å²) in [5, 5.41) is 6.16. The maximum atomic E-state index is 12.0. The van der Waals surface area contributed by atoms with Crippen LogP contribution >= 0.6 is 24.8 Å². The van der Waals surface area contributed by atoms with Crippen molar-refractivity contribution in [3.63, 3.8) is 0 Å². The van der Waals surface area contributed by atoms with E-state index >= 15 is 0 Å². The first kappa shape index (κ1) is 23.2. The second-order valence-corrected chi connectivity index (χ2v) is 6.59. The molecule has 0 fully saturated rings. The number of amides is 1. The number of hydrogen-bond donors (Lipinski definition) is 2. The van der Waals surface area contributed by atoms with Gasteiger partial charge in [-0.05, 0) is 56.1 Å². The molecule has 1 aliphatic heterocycles. The summed E-state index contributed by atoms with van der Waals surface area (Å²) in [6.45, 7) is 8.49. The predicted molar refractivity (Wildman–Crippen MR) is 106 cm³/mol. The number of anilines is 1. The molecule has 1 aromatic rings. The zero-order chi connectivity index (χ0) is 15.9. The standard InChI is InChI=1S/C18H29N3O.2ClH/c1-14(2)9-11-21-12-15-6-4-7-17(16(15)13-21)20-18(22)8-5-10-19-3;;/h4,6-7,14,19H,5,8-13H2,1-3H3,(H,20,22);2*1H. The summed E-state index contributed by atoms with van der Waals surface area (Å²) in [6.07, 6.45) is 2.67. The molecule has 6 heteroatoms. The molecule has 1 aliphatic rings. The Labute approximate surface area is 158 Å². The van der Waals surface area contributed by atoms with Crippen LogP contribution in [0.2, 0.25) is 0 Å². The Morgan fingerprint density at radius 2 is 2.00 bits per heavy atom. The smallest absolute Gasteiger partial charge is 0.224 e. The van der Waals surface area contributed by atoms with Gasteiger partial charge in [0.25, 0.3) is 0 Å². The van der Waals surface area contributed by atoms with E-state index in [1.54, 1.807) is 0 Å². The molecule has 2 rings (SSSR count). The van der Waals surface area contributed by atoms with Gasteiger partial charge < -0.3 is 10.6 Å². The van der Waals surface area contributed by atoms with Gasteiger partial charge in [-0.2, -0.15) is 0 Å². The molecule has 1 heterocycles. The Balaban J connectivity index is 0.00000264. The molecule has 0 unspecified atom stereocenters. The number of fused-ring (bicyclic) bond motifs is 1. The van der Waals surface area contributed by atoms with Crippen molar-refractivity contribution in [2.45, 2.75) is 46.2 Å². The molecule has 0 saturated heterocycles. The molecule has 0 radical (unpaired) electrons. The Morgan fingerprint density at radius 1 is 1.25 bits per heavy atom. The summed E-state index contributed by atoms with van der Waals surface area (Å²) in [6, 6.07) is 6.26. The van der Waals surface area contributed by atoms with Crippen LogP contribution in [0.25, 0.3) is 0 Å². The van der Waals surface area contributed by atoms with Crippen molar-refractivity contribution in [2.75, 3.05) is 25.5 Å². The molecule has 0 spiro atoms. The van der Waals surface area contributed by atoms with Gasteiger partial charge in [-0.25, -0.2) is 0 Å². The largest absolute Gasteiger partial charge is 0.326 e. The molecule has 0 aliphatic carbocycles. The van der Waals surface area contributed by atoms with Gasteiger partial charge in [0.15, 0.2) is 0 Å². The fourth-order valence-electron chi connectivity index (χ4n) is 2.84. The molecular weight excluding hydrogens is 345 g/mol. The highest BCUT2D eigenvalue weighted by Crippen LogP contribution is 2.29. The number of carbonyl (C=O) groups is 1. The summed E-state index contributed by atoms with van der Waals surface area (Å²) < 4.78 is 0. The van der Waals surface area contributed by atoms with E-state index in [1.165, 1.54) is 17.5 Å². The summed E-state index contributed by atoms with van der Waals surface area (Å²) in [4.78, 5) is 14.5. The van der Waals surface area contributed by atoms with Crippen molar-refractivity contribution < 1.29 is 4.79 Å². The number of carbonyl (C=O) groups excluding carboxylic acids is 1. The summed E-state index contributed by atoms with van der Waals surface area (Å²) >= 11 is 0. The third kappa shape index (κ3) is 6.98. The Hall–Kier alpha value is -0.810. The molecular formula is C18H31Cl2N3O. The lowest BCUT2D eigenvalue weighted by atomic mass is 10.1. The minimum absolute atomic E-state index is 0. The zero-order valence-corrected chi connectivity index (χ0v) is 16.6. The number of nitrogens with one attached hydrogen (secondary N) is 2. The van der Waals surface area contributed by atoms with Gasteiger partial charge in [-0.15, -0.1) is 24.8 Å². The van der Waals surface area contributed by atoms with E-state index in [0.29, 0.717) is 6.42 Å². The van der Waals surface area contributed by atoms with Crippen LogP contribution in [-0.2, 0) is 17.9 Å². The second kappa shape index (κ2) is 11.7. The fraction of sp³-hybridized carbons (Fsp3) is 0.611. The Morgan fingerprint density at radius 3 is 2.67 bits per heavy atom. The highest BCUT2D eigenvalue weighted by atomic mass is 35.5. The lowest BCUT2D eigenvalue weighted by Gasteiger charge is -2.16. The minimum Gasteiger partial charge on any atom is -0.326 e. The number of benzene rings is 1. The maximum absolute atomic E-state index is 12.0. The summed E-state index contributed by atoms with van der Waals surface area (Å²) in [5.41, 5.74) is 3.66. The van der Waals surface area contributed by atoms with Crippen LogP contribution in [-0.4, -0.2) is 30.9 Å². The van der Waals surface area contributed by atoms with Crippen molar-refractivity contribution >= 4 is 36.4 Å². The van der Waals surface area contributed by atoms with Crippen molar-refractivity contribution in [2.24, 2.45) is 5.92 Å². The normalized spacial score (nSPS) is 13.2.